The number of aromatic nitrogens is 3. The number of hydrogen-bond donors (Lipinski definition) is 1. The van der Waals surface area contributed by atoms with Crippen molar-refractivity contribution in [3.8, 4) is 11.3 Å². The van der Waals surface area contributed by atoms with Crippen molar-refractivity contribution >= 4 is 20.9 Å². The number of imidazole rings is 1. The van der Waals surface area contributed by atoms with Gasteiger partial charge in [0.05, 0.1) is 17.4 Å². The van der Waals surface area contributed by atoms with Gasteiger partial charge in [0.25, 0.3) is 0 Å². The number of benzene rings is 2. The molecule has 0 radical (unpaired) electrons. The summed E-state index contributed by atoms with van der Waals surface area (Å²) in [4.78, 5) is 12.6. The van der Waals surface area contributed by atoms with Crippen molar-refractivity contribution < 1.29 is 8.42 Å². The van der Waals surface area contributed by atoms with Gasteiger partial charge < -0.3 is 4.98 Å². The maximum absolute atomic E-state index is 13.5. The van der Waals surface area contributed by atoms with E-state index in [1.807, 2.05) is 54.7 Å². The SMILES string of the molecule is O=S(=O)(c1cccc2cccnc12)N1CCC[C@H](c2ncc(-c3ccccc3)[nH]2)C1. The summed E-state index contributed by atoms with van der Waals surface area (Å²) in [6.45, 7) is 0.918. The van der Waals surface area contributed by atoms with Gasteiger partial charge in [0.1, 0.15) is 10.7 Å². The molecule has 30 heavy (non-hydrogen) atoms. The number of hydrogen-bond acceptors (Lipinski definition) is 4. The van der Waals surface area contributed by atoms with Gasteiger partial charge in [-0.2, -0.15) is 4.31 Å². The maximum atomic E-state index is 13.5. The Kier molecular flexibility index (Phi) is 4.84. The number of pyridine rings is 1. The summed E-state index contributed by atoms with van der Waals surface area (Å²) in [5.74, 6) is 0.874. The van der Waals surface area contributed by atoms with E-state index in [9.17, 15) is 8.42 Å². The molecular weight excluding hydrogens is 396 g/mol. The fourth-order valence-corrected chi connectivity index (χ4v) is 5.81. The molecule has 2 aromatic carbocycles. The van der Waals surface area contributed by atoms with Crippen LogP contribution >= 0.6 is 0 Å². The minimum absolute atomic E-state index is 0.0360. The lowest BCUT2D eigenvalue weighted by atomic mass is 9.99. The first-order chi connectivity index (χ1) is 14.6. The fourth-order valence-electron chi connectivity index (χ4n) is 4.12. The second-order valence-electron chi connectivity index (χ2n) is 7.58. The summed E-state index contributed by atoms with van der Waals surface area (Å²) >= 11 is 0. The Bertz CT molecular complexity index is 1280. The average molecular weight is 419 g/mol. The molecular formula is C23H22N4O2S. The molecule has 0 amide bonds. The lowest BCUT2D eigenvalue weighted by molar-refractivity contribution is 0.310. The van der Waals surface area contributed by atoms with E-state index in [1.54, 1.807) is 22.6 Å². The van der Waals surface area contributed by atoms with Crippen molar-refractivity contribution in [1.29, 1.82) is 0 Å². The van der Waals surface area contributed by atoms with Crippen molar-refractivity contribution in [2.24, 2.45) is 0 Å². The van der Waals surface area contributed by atoms with Crippen LogP contribution in [0.3, 0.4) is 0 Å². The molecule has 1 aliphatic heterocycles. The Morgan fingerprint density at radius 2 is 1.80 bits per heavy atom. The van der Waals surface area contributed by atoms with E-state index in [4.69, 9.17) is 0 Å². The number of nitrogens with one attached hydrogen (secondary N) is 1. The van der Waals surface area contributed by atoms with Gasteiger partial charge in [-0.1, -0.05) is 48.5 Å². The van der Waals surface area contributed by atoms with Crippen LogP contribution in [-0.2, 0) is 10.0 Å². The molecule has 1 saturated heterocycles. The highest BCUT2D eigenvalue weighted by atomic mass is 32.2. The minimum atomic E-state index is -3.65. The van der Waals surface area contributed by atoms with Crippen LogP contribution < -0.4 is 0 Å². The molecule has 0 saturated carbocycles. The molecule has 0 bridgehead atoms. The quantitative estimate of drug-likeness (QED) is 0.539. The predicted octanol–water partition coefficient (Wildman–Crippen LogP) is 4.19. The Hall–Kier alpha value is -3.03. The van der Waals surface area contributed by atoms with Gasteiger partial charge in [-0.25, -0.2) is 13.4 Å². The summed E-state index contributed by atoms with van der Waals surface area (Å²) < 4.78 is 28.5. The molecule has 2 aromatic heterocycles. The minimum Gasteiger partial charge on any atom is -0.342 e. The highest BCUT2D eigenvalue weighted by Gasteiger charge is 2.33. The zero-order valence-electron chi connectivity index (χ0n) is 16.4. The number of rotatable bonds is 4. The molecule has 1 N–H and O–H groups in total. The zero-order valence-corrected chi connectivity index (χ0v) is 17.2. The van der Waals surface area contributed by atoms with Crippen molar-refractivity contribution in [3.05, 3.63) is 78.9 Å². The van der Waals surface area contributed by atoms with Gasteiger partial charge in [0.15, 0.2) is 0 Å². The highest BCUT2D eigenvalue weighted by Crippen LogP contribution is 2.32. The topological polar surface area (TPSA) is 79.0 Å². The number of H-pyrrole nitrogens is 1. The average Bonchev–Trinajstić information content (AvgIpc) is 3.30. The number of para-hydroxylation sites is 1. The van der Waals surface area contributed by atoms with Crippen LogP contribution in [0.1, 0.15) is 24.6 Å². The van der Waals surface area contributed by atoms with Gasteiger partial charge in [-0.3, -0.25) is 4.98 Å². The van der Waals surface area contributed by atoms with Crippen molar-refractivity contribution in [3.63, 3.8) is 0 Å². The van der Waals surface area contributed by atoms with Gasteiger partial charge in [-0.15, -0.1) is 0 Å². The molecule has 4 aromatic rings. The molecule has 152 valence electrons. The summed E-state index contributed by atoms with van der Waals surface area (Å²) in [5.41, 5.74) is 2.54. The molecule has 5 rings (SSSR count). The summed E-state index contributed by atoms with van der Waals surface area (Å²) in [6, 6.07) is 19.0. The Morgan fingerprint density at radius 1 is 0.967 bits per heavy atom. The Morgan fingerprint density at radius 3 is 2.67 bits per heavy atom. The summed E-state index contributed by atoms with van der Waals surface area (Å²) in [5, 5.41) is 0.825. The van der Waals surface area contributed by atoms with E-state index in [2.05, 4.69) is 15.0 Å². The van der Waals surface area contributed by atoms with Crippen LogP contribution in [0.5, 0.6) is 0 Å². The van der Waals surface area contributed by atoms with Crippen LogP contribution in [-0.4, -0.2) is 40.8 Å². The van der Waals surface area contributed by atoms with E-state index in [0.29, 0.717) is 18.6 Å². The first-order valence-corrected chi connectivity index (χ1v) is 11.5. The molecule has 7 heteroatoms. The van der Waals surface area contributed by atoms with Gasteiger partial charge in [0, 0.05) is 30.6 Å². The number of nitrogens with zero attached hydrogens (tertiary/aromatic N) is 3. The molecule has 1 aliphatic rings. The molecule has 0 spiro atoms. The van der Waals surface area contributed by atoms with Crippen molar-refractivity contribution in [2.45, 2.75) is 23.7 Å². The Balaban J connectivity index is 1.43. The second kappa shape index (κ2) is 7.66. The molecule has 1 atom stereocenters. The van der Waals surface area contributed by atoms with E-state index < -0.39 is 10.0 Å². The summed E-state index contributed by atoms with van der Waals surface area (Å²) in [7, 11) is -3.65. The molecule has 0 unspecified atom stereocenters. The zero-order chi connectivity index (χ0) is 20.6. The fraction of sp³-hybridized carbons (Fsp3) is 0.217. The Labute approximate surface area is 175 Å². The highest BCUT2D eigenvalue weighted by molar-refractivity contribution is 7.89. The van der Waals surface area contributed by atoms with Crippen LogP contribution in [0.25, 0.3) is 22.2 Å². The molecule has 6 nitrogen and oxygen atoms in total. The van der Waals surface area contributed by atoms with E-state index in [1.165, 1.54) is 0 Å². The van der Waals surface area contributed by atoms with Gasteiger partial charge in [0.2, 0.25) is 10.0 Å². The molecule has 0 aliphatic carbocycles. The summed E-state index contributed by atoms with van der Waals surface area (Å²) in [6.07, 6.45) is 5.16. The maximum Gasteiger partial charge on any atom is 0.245 e. The first-order valence-electron chi connectivity index (χ1n) is 10.1. The predicted molar refractivity (Wildman–Crippen MR) is 117 cm³/mol. The first kappa shape index (κ1) is 19.0. The monoisotopic (exact) mass is 418 g/mol. The van der Waals surface area contributed by atoms with Gasteiger partial charge >= 0.3 is 0 Å². The number of fused-ring (bicyclic) bond motifs is 1. The third-order valence-electron chi connectivity index (χ3n) is 5.66. The van der Waals surface area contributed by atoms with Crippen LogP contribution in [0.2, 0.25) is 0 Å². The number of sulfonamides is 1. The smallest absolute Gasteiger partial charge is 0.245 e. The number of aromatic amines is 1. The van der Waals surface area contributed by atoms with Crippen LogP contribution in [0.4, 0.5) is 0 Å². The van der Waals surface area contributed by atoms with Crippen molar-refractivity contribution in [1.82, 2.24) is 19.3 Å². The van der Waals surface area contributed by atoms with Gasteiger partial charge in [-0.05, 0) is 30.5 Å². The third kappa shape index (κ3) is 3.40. The molecule has 1 fully saturated rings. The van der Waals surface area contributed by atoms with Crippen LogP contribution in [0.15, 0.2) is 78.0 Å². The van der Waals surface area contributed by atoms with E-state index >= 15 is 0 Å². The van der Waals surface area contributed by atoms with E-state index in [0.717, 1.165) is 35.3 Å². The second-order valence-corrected chi connectivity index (χ2v) is 9.49. The lowest BCUT2D eigenvalue weighted by Crippen LogP contribution is -2.39. The van der Waals surface area contributed by atoms with Crippen LogP contribution in [0, 0.1) is 0 Å². The van der Waals surface area contributed by atoms with E-state index in [-0.39, 0.29) is 10.8 Å². The largest absolute Gasteiger partial charge is 0.342 e. The lowest BCUT2D eigenvalue weighted by Gasteiger charge is -2.31. The third-order valence-corrected chi connectivity index (χ3v) is 7.56. The standard InChI is InChI=1S/C23H22N4O2S/c28-30(29,21-12-4-9-18-10-5-13-24-22(18)21)27-14-6-11-19(16-27)23-25-15-20(26-23)17-7-2-1-3-8-17/h1-5,7-10,12-13,15,19H,6,11,14,16H2,(H,25,26)/t19-/m0/s1. The normalized spacial score (nSPS) is 17.9. The molecule has 3 heterocycles. The van der Waals surface area contributed by atoms with Crippen molar-refractivity contribution in [2.75, 3.05) is 13.1 Å². The number of piperidine rings is 1.